The lowest BCUT2D eigenvalue weighted by molar-refractivity contribution is -0.174. The molecule has 0 aromatic heterocycles. The largest absolute Gasteiger partial charge is 0.411 e. The van der Waals surface area contributed by atoms with Gasteiger partial charge in [-0.15, -0.1) is 0 Å². The first kappa shape index (κ1) is 16.3. The first-order valence-electron chi connectivity index (χ1n) is 5.13. The third-order valence-electron chi connectivity index (χ3n) is 2.16. The van der Waals surface area contributed by atoms with E-state index < -0.39 is 35.1 Å². The molecule has 8 heteroatoms. The molecule has 0 heterocycles. The van der Waals surface area contributed by atoms with Gasteiger partial charge in [0.25, 0.3) is 0 Å². The number of hydrogen-bond acceptors (Lipinski definition) is 1. The lowest BCUT2D eigenvalue weighted by atomic mass is 10.1. The average molecular weight is 351 g/mol. The summed E-state index contributed by atoms with van der Waals surface area (Å²) in [5.41, 5.74) is -0.172. The zero-order valence-electron chi connectivity index (χ0n) is 9.41. The van der Waals surface area contributed by atoms with Gasteiger partial charge >= 0.3 is 6.18 Å². The van der Waals surface area contributed by atoms with E-state index in [0.29, 0.717) is 12.1 Å². The Morgan fingerprint density at radius 1 is 1.05 bits per heavy atom. The molecule has 0 N–H and O–H groups in total. The van der Waals surface area contributed by atoms with Crippen LogP contribution in [0, 0.1) is 17.5 Å². The Labute approximate surface area is 113 Å². The fourth-order valence-corrected chi connectivity index (χ4v) is 1.85. The second-order valence-electron chi connectivity index (χ2n) is 3.71. The van der Waals surface area contributed by atoms with Crippen molar-refractivity contribution in [3.05, 3.63) is 35.1 Å². The van der Waals surface area contributed by atoms with Crippen LogP contribution in [-0.2, 0) is 4.74 Å². The number of halogens is 7. The molecule has 0 bridgehead atoms. The van der Waals surface area contributed by atoms with Crippen molar-refractivity contribution >= 4 is 15.9 Å². The minimum absolute atomic E-state index is 0.0158. The monoisotopic (exact) mass is 350 g/mol. The van der Waals surface area contributed by atoms with Gasteiger partial charge in [-0.3, -0.25) is 0 Å². The van der Waals surface area contributed by atoms with Crippen LogP contribution in [-0.4, -0.2) is 19.4 Å². The van der Waals surface area contributed by atoms with Gasteiger partial charge in [0.15, 0.2) is 11.6 Å². The fourth-order valence-electron chi connectivity index (χ4n) is 1.31. The van der Waals surface area contributed by atoms with Gasteiger partial charge in [-0.25, -0.2) is 13.2 Å². The van der Waals surface area contributed by atoms with Crippen LogP contribution in [0.5, 0.6) is 0 Å². The molecule has 0 aliphatic rings. The van der Waals surface area contributed by atoms with Gasteiger partial charge in [0.05, 0.1) is 0 Å². The number of ether oxygens (including phenoxy) is 1. The predicted molar refractivity (Wildman–Crippen MR) is 59.5 cm³/mol. The zero-order chi connectivity index (χ0) is 14.6. The topological polar surface area (TPSA) is 9.23 Å². The van der Waals surface area contributed by atoms with Crippen LogP contribution in [0.3, 0.4) is 0 Å². The van der Waals surface area contributed by atoms with Crippen molar-refractivity contribution in [2.45, 2.75) is 17.4 Å². The molecule has 1 unspecified atom stereocenters. The summed E-state index contributed by atoms with van der Waals surface area (Å²) in [7, 11) is 0. The molecule has 0 radical (unpaired) electrons. The molecule has 108 valence electrons. The normalized spacial score (nSPS) is 13.6. The number of rotatable bonds is 5. The standard InChI is InChI=1S/C11H9BrF6O/c12-7(1-2-19-5-11(16,17)18)6-3-9(14)10(15)4-8(6)13/h3-4,7H,1-2,5H2. The Kier molecular flexibility index (Phi) is 5.66. The molecule has 0 aliphatic heterocycles. The Bertz CT molecular complexity index is 434. The van der Waals surface area contributed by atoms with Crippen LogP contribution < -0.4 is 0 Å². The van der Waals surface area contributed by atoms with Gasteiger partial charge in [0, 0.05) is 23.1 Å². The maximum atomic E-state index is 13.3. The average Bonchev–Trinajstić information content (AvgIpc) is 2.28. The second-order valence-corrected chi connectivity index (χ2v) is 4.82. The van der Waals surface area contributed by atoms with E-state index in [4.69, 9.17) is 0 Å². The van der Waals surface area contributed by atoms with Crippen LogP contribution in [0.1, 0.15) is 16.8 Å². The van der Waals surface area contributed by atoms with Crippen LogP contribution in [0.2, 0.25) is 0 Å². The minimum atomic E-state index is -4.44. The van der Waals surface area contributed by atoms with E-state index in [1.807, 2.05) is 0 Å². The second kappa shape index (κ2) is 6.60. The third-order valence-corrected chi connectivity index (χ3v) is 3.11. The smallest absolute Gasteiger partial charge is 0.372 e. The van der Waals surface area contributed by atoms with Gasteiger partial charge in [-0.05, 0) is 12.5 Å². The molecule has 1 nitrogen and oxygen atoms in total. The highest BCUT2D eigenvalue weighted by Crippen LogP contribution is 2.30. The number of benzene rings is 1. The Morgan fingerprint density at radius 3 is 2.21 bits per heavy atom. The van der Waals surface area contributed by atoms with Crippen molar-refractivity contribution in [3.8, 4) is 0 Å². The summed E-state index contributed by atoms with van der Waals surface area (Å²) in [4.78, 5) is -0.768. The Morgan fingerprint density at radius 2 is 1.63 bits per heavy atom. The molecular formula is C11H9BrF6O. The van der Waals surface area contributed by atoms with Gasteiger partial charge < -0.3 is 4.74 Å². The van der Waals surface area contributed by atoms with Crippen molar-refractivity contribution in [1.29, 1.82) is 0 Å². The lowest BCUT2D eigenvalue weighted by Crippen LogP contribution is -2.17. The summed E-state index contributed by atoms with van der Waals surface area (Å²) in [5.74, 6) is -3.53. The number of alkyl halides is 4. The molecule has 0 saturated heterocycles. The molecule has 1 aromatic carbocycles. The van der Waals surface area contributed by atoms with Gasteiger partial charge in [-0.1, -0.05) is 15.9 Å². The molecule has 1 rings (SSSR count). The van der Waals surface area contributed by atoms with E-state index in [9.17, 15) is 26.3 Å². The molecule has 19 heavy (non-hydrogen) atoms. The molecule has 0 fully saturated rings. The van der Waals surface area contributed by atoms with Crippen molar-refractivity contribution in [2.24, 2.45) is 0 Å². The van der Waals surface area contributed by atoms with Crippen LogP contribution >= 0.6 is 15.9 Å². The molecular weight excluding hydrogens is 342 g/mol. The highest BCUT2D eigenvalue weighted by Gasteiger charge is 2.27. The highest BCUT2D eigenvalue weighted by molar-refractivity contribution is 9.09. The van der Waals surface area contributed by atoms with E-state index in [1.165, 1.54) is 0 Å². The summed E-state index contributed by atoms with van der Waals surface area (Å²) in [6.45, 7) is -1.71. The van der Waals surface area contributed by atoms with Crippen LogP contribution in [0.15, 0.2) is 12.1 Å². The predicted octanol–water partition coefficient (Wildman–Crippen LogP) is 4.51. The van der Waals surface area contributed by atoms with E-state index in [2.05, 4.69) is 20.7 Å². The summed E-state index contributed by atoms with van der Waals surface area (Å²) in [5, 5.41) is 0. The maximum Gasteiger partial charge on any atom is 0.411 e. The maximum absolute atomic E-state index is 13.3. The Balaban J connectivity index is 2.54. The molecule has 1 aromatic rings. The van der Waals surface area contributed by atoms with Crippen molar-refractivity contribution in [2.75, 3.05) is 13.2 Å². The highest BCUT2D eigenvalue weighted by atomic mass is 79.9. The van der Waals surface area contributed by atoms with Gasteiger partial charge in [0.1, 0.15) is 12.4 Å². The third kappa shape index (κ3) is 5.40. The van der Waals surface area contributed by atoms with Crippen LogP contribution in [0.4, 0.5) is 26.3 Å². The van der Waals surface area contributed by atoms with Crippen molar-refractivity contribution < 1.29 is 31.1 Å². The molecule has 0 spiro atoms. The first-order valence-corrected chi connectivity index (χ1v) is 6.05. The molecule has 0 saturated carbocycles. The van der Waals surface area contributed by atoms with Crippen molar-refractivity contribution in [3.63, 3.8) is 0 Å². The van der Waals surface area contributed by atoms with E-state index in [0.717, 1.165) is 0 Å². The van der Waals surface area contributed by atoms with E-state index in [-0.39, 0.29) is 18.6 Å². The summed E-state index contributed by atoms with van der Waals surface area (Å²) >= 11 is 2.99. The first-order chi connectivity index (χ1) is 8.70. The lowest BCUT2D eigenvalue weighted by Gasteiger charge is -2.13. The summed E-state index contributed by atoms with van der Waals surface area (Å²) in [6.07, 6.45) is -4.45. The van der Waals surface area contributed by atoms with Crippen molar-refractivity contribution in [1.82, 2.24) is 0 Å². The van der Waals surface area contributed by atoms with Gasteiger partial charge in [-0.2, -0.15) is 13.2 Å². The Hall–Kier alpha value is -0.760. The van der Waals surface area contributed by atoms with E-state index in [1.54, 1.807) is 0 Å². The van der Waals surface area contributed by atoms with Gasteiger partial charge in [0.2, 0.25) is 0 Å². The summed E-state index contributed by atoms with van der Waals surface area (Å²) < 4.78 is 78.6. The quantitative estimate of drug-likeness (QED) is 0.328. The fraction of sp³-hybridized carbons (Fsp3) is 0.455. The molecule has 0 amide bonds. The summed E-state index contributed by atoms with van der Waals surface area (Å²) in [6, 6.07) is 1.04. The molecule has 0 aliphatic carbocycles. The number of hydrogen-bond donors (Lipinski definition) is 0. The zero-order valence-corrected chi connectivity index (χ0v) is 11.0. The SMILES string of the molecule is Fc1cc(F)c(C(Br)CCOCC(F)(F)F)cc1F. The molecule has 1 atom stereocenters. The van der Waals surface area contributed by atoms with E-state index >= 15 is 0 Å². The minimum Gasteiger partial charge on any atom is -0.372 e. The van der Waals surface area contributed by atoms with Crippen LogP contribution in [0.25, 0.3) is 0 Å².